The number of carbonyl (C=O) groups excluding carboxylic acids is 11. The van der Waals surface area contributed by atoms with Crippen LogP contribution in [0.5, 0.6) is 0 Å². The van der Waals surface area contributed by atoms with E-state index in [0.717, 1.165) is 13.8 Å². The summed E-state index contributed by atoms with van der Waals surface area (Å²) < 4.78 is 0. The molecule has 0 aromatic heterocycles. The Labute approximate surface area is 443 Å². The number of carboxylic acids is 3. The summed E-state index contributed by atoms with van der Waals surface area (Å²) in [5, 5.41) is 59.5. The van der Waals surface area contributed by atoms with E-state index in [-0.39, 0.29) is 31.1 Å². The number of hydrogen-bond donors (Lipinski definition) is 15. The molecule has 29 heteroatoms. The Kier molecular flexibility index (Phi) is 29.2. The molecule has 11 amide bonds. The van der Waals surface area contributed by atoms with Gasteiger partial charge < -0.3 is 79.7 Å². The molecule has 0 fully saturated rings. The van der Waals surface area contributed by atoms with Gasteiger partial charge >= 0.3 is 17.9 Å². The first-order chi connectivity index (χ1) is 35.9. The van der Waals surface area contributed by atoms with E-state index in [1.165, 1.54) is 0 Å². The van der Waals surface area contributed by atoms with Gasteiger partial charge in [0.05, 0.1) is 19.1 Å². The number of aliphatic carboxylic acids is 3. The van der Waals surface area contributed by atoms with Gasteiger partial charge in [-0.05, 0) is 56.4 Å². The van der Waals surface area contributed by atoms with E-state index in [4.69, 9.17) is 11.5 Å². The fraction of sp³-hybridized carbons (Fsp3) is 0.583. The molecule has 0 saturated heterocycles. The number of nitrogens with one attached hydrogen (secondary N) is 9. The average Bonchev–Trinajstić information content (AvgIpc) is 3.31. The van der Waals surface area contributed by atoms with Crippen LogP contribution in [0.4, 0.5) is 0 Å². The van der Waals surface area contributed by atoms with Crippen molar-refractivity contribution in [2.24, 2.45) is 23.3 Å². The lowest BCUT2D eigenvalue weighted by Crippen LogP contribution is -2.61. The number of hydrogen-bond acceptors (Lipinski definition) is 15. The molecule has 0 bridgehead atoms. The predicted octanol–water partition coefficient (Wildman–Crippen LogP) is -4.33. The zero-order valence-corrected chi connectivity index (χ0v) is 43.7. The normalized spacial score (nSPS) is 14.5. The van der Waals surface area contributed by atoms with Gasteiger partial charge in [0.1, 0.15) is 48.3 Å². The Hall–Kier alpha value is -8.24. The molecule has 0 unspecified atom stereocenters. The molecule has 0 aliphatic rings. The molecule has 0 heterocycles. The SMILES string of the molecule is CC(=O)N[C@@H](CC(C)C)C(=O)N[C@@H](CC(=O)O)C(=O)N[C@@H](CCC(=O)O)C(=O)N[C@@H](CCC(N)=O)C(=O)N[C@H](C(=O)NCC(=O)N[C@@H](CCC(=O)O)C(=O)N[C@@H](Cc1ccccc1)C(=O)N[C@@H](CC(C)C)C(N)=O)[C@@H](C)O. The summed E-state index contributed by atoms with van der Waals surface area (Å²) in [6, 6.07) is -4.58. The summed E-state index contributed by atoms with van der Waals surface area (Å²) in [5.74, 6) is -16.2. The number of aliphatic hydroxyl groups excluding tert-OH is 1. The van der Waals surface area contributed by atoms with Gasteiger partial charge in [-0.1, -0.05) is 58.0 Å². The smallest absolute Gasteiger partial charge is 0.305 e. The van der Waals surface area contributed by atoms with E-state index < -0.39 is 189 Å². The van der Waals surface area contributed by atoms with Gasteiger partial charge in [0.25, 0.3) is 0 Å². The standard InChI is InChI=1S/C48H73N11O18/c1-23(2)18-31(41(50)70)56-46(75)33(20-27-10-8-7-9-11-27)57-42(71)28(13-16-37(64)65)53-36(63)22-51-48(77)40(25(5)60)59-44(73)29(12-15-35(49)62)54-43(72)30(14-17-38(66)67)55-47(76)34(21-39(68)69)58-45(74)32(19-24(3)4)52-26(6)61/h7-11,23-25,28-34,40,60H,12-22H2,1-6H3,(H2,49,62)(H2,50,70)(H,51,77)(H,52,61)(H,53,63)(H,54,72)(H,55,76)(H,56,75)(H,57,71)(H,58,74)(H,59,73)(H,64,65)(H,66,67)(H,68,69)/t25-,28+,29+,30+,31+,32+,33+,34+,40+/m1/s1. The van der Waals surface area contributed by atoms with Crippen LogP contribution in [-0.4, -0.2) is 164 Å². The number of carboxylic acid groups (broad SMARTS) is 3. The lowest BCUT2D eigenvalue weighted by molar-refractivity contribution is -0.142. The van der Waals surface area contributed by atoms with Crippen molar-refractivity contribution in [1.82, 2.24) is 47.9 Å². The average molecular weight is 1090 g/mol. The topological polar surface area (TPSA) is 480 Å². The Morgan fingerprint density at radius 2 is 0.896 bits per heavy atom. The summed E-state index contributed by atoms with van der Waals surface area (Å²) >= 11 is 0. The third kappa shape index (κ3) is 27.2. The van der Waals surface area contributed by atoms with Crippen molar-refractivity contribution in [2.75, 3.05) is 6.54 Å². The Morgan fingerprint density at radius 1 is 0.481 bits per heavy atom. The van der Waals surface area contributed by atoms with Crippen molar-refractivity contribution in [3.05, 3.63) is 35.9 Å². The summed E-state index contributed by atoms with van der Waals surface area (Å²) in [7, 11) is 0. The molecule has 1 aromatic rings. The van der Waals surface area contributed by atoms with E-state index in [1.807, 2.05) is 0 Å². The first-order valence-corrected chi connectivity index (χ1v) is 24.5. The fourth-order valence-electron chi connectivity index (χ4n) is 7.28. The molecule has 0 aliphatic heterocycles. The van der Waals surface area contributed by atoms with E-state index in [0.29, 0.717) is 5.56 Å². The van der Waals surface area contributed by atoms with Crippen molar-refractivity contribution in [1.29, 1.82) is 0 Å². The second kappa shape index (κ2) is 33.6. The van der Waals surface area contributed by atoms with Crippen LogP contribution in [0, 0.1) is 11.8 Å². The van der Waals surface area contributed by atoms with Crippen LogP contribution >= 0.6 is 0 Å². The second-order valence-corrected chi connectivity index (χ2v) is 18.9. The molecule has 0 aliphatic carbocycles. The zero-order chi connectivity index (χ0) is 58.7. The van der Waals surface area contributed by atoms with Gasteiger partial charge in [0.2, 0.25) is 65.0 Å². The van der Waals surface area contributed by atoms with Crippen LogP contribution in [0.25, 0.3) is 0 Å². The van der Waals surface area contributed by atoms with Crippen molar-refractivity contribution < 1.29 is 87.5 Å². The molecule has 0 saturated carbocycles. The highest BCUT2D eigenvalue weighted by atomic mass is 16.4. The van der Waals surface area contributed by atoms with E-state index in [9.17, 15) is 87.5 Å². The lowest BCUT2D eigenvalue weighted by atomic mass is 10.0. The minimum atomic E-state index is -1.94. The highest BCUT2D eigenvalue weighted by Crippen LogP contribution is 2.11. The molecule has 17 N–H and O–H groups in total. The molecule has 77 heavy (non-hydrogen) atoms. The largest absolute Gasteiger partial charge is 0.481 e. The van der Waals surface area contributed by atoms with Crippen molar-refractivity contribution in [2.45, 2.75) is 160 Å². The Balaban J connectivity index is 3.37. The quantitative estimate of drug-likeness (QED) is 0.0302. The predicted molar refractivity (Wildman–Crippen MR) is 268 cm³/mol. The van der Waals surface area contributed by atoms with Crippen LogP contribution in [0.1, 0.15) is 105 Å². The second-order valence-electron chi connectivity index (χ2n) is 18.9. The number of carbonyl (C=O) groups is 14. The Morgan fingerprint density at radius 3 is 1.35 bits per heavy atom. The summed E-state index contributed by atoms with van der Waals surface area (Å²) in [5.41, 5.74) is 11.4. The maximum atomic E-state index is 13.8. The highest BCUT2D eigenvalue weighted by Gasteiger charge is 2.36. The molecule has 428 valence electrons. The fourth-order valence-corrected chi connectivity index (χ4v) is 7.28. The van der Waals surface area contributed by atoms with Crippen LogP contribution in [0.3, 0.4) is 0 Å². The minimum absolute atomic E-state index is 0.0668. The van der Waals surface area contributed by atoms with Gasteiger partial charge in [-0.3, -0.25) is 67.1 Å². The molecular formula is C48H73N11O18. The maximum absolute atomic E-state index is 13.8. The molecular weight excluding hydrogens is 1020 g/mol. The van der Waals surface area contributed by atoms with Gasteiger partial charge in [0, 0.05) is 32.6 Å². The molecule has 0 radical (unpaired) electrons. The van der Waals surface area contributed by atoms with Crippen LogP contribution in [0.2, 0.25) is 0 Å². The van der Waals surface area contributed by atoms with Crippen LogP contribution in [0.15, 0.2) is 30.3 Å². The van der Waals surface area contributed by atoms with E-state index in [1.54, 1.807) is 58.0 Å². The number of amides is 11. The van der Waals surface area contributed by atoms with E-state index >= 15 is 0 Å². The molecule has 0 spiro atoms. The molecule has 1 aromatic carbocycles. The monoisotopic (exact) mass is 1090 g/mol. The third-order valence-corrected chi connectivity index (χ3v) is 11.1. The number of primary amides is 2. The molecule has 1 rings (SSSR count). The summed E-state index contributed by atoms with van der Waals surface area (Å²) in [6.45, 7) is 8.20. The first-order valence-electron chi connectivity index (χ1n) is 24.5. The van der Waals surface area contributed by atoms with Crippen LogP contribution in [-0.2, 0) is 73.5 Å². The maximum Gasteiger partial charge on any atom is 0.305 e. The Bertz CT molecular complexity index is 2280. The number of aliphatic hydroxyl groups is 1. The molecule has 29 nitrogen and oxygen atoms in total. The number of benzene rings is 1. The minimum Gasteiger partial charge on any atom is -0.481 e. The first kappa shape index (κ1) is 66.8. The van der Waals surface area contributed by atoms with Crippen molar-refractivity contribution in [3.63, 3.8) is 0 Å². The summed E-state index contributed by atoms with van der Waals surface area (Å²) in [6.07, 6.45) is -6.59. The van der Waals surface area contributed by atoms with E-state index in [2.05, 4.69) is 47.9 Å². The summed E-state index contributed by atoms with van der Waals surface area (Å²) in [4.78, 5) is 179. The lowest BCUT2D eigenvalue weighted by Gasteiger charge is -2.27. The van der Waals surface area contributed by atoms with Gasteiger partial charge in [-0.25, -0.2) is 0 Å². The van der Waals surface area contributed by atoms with Gasteiger partial charge in [0.15, 0.2) is 0 Å². The van der Waals surface area contributed by atoms with Gasteiger partial charge in [-0.2, -0.15) is 0 Å². The molecule has 9 atom stereocenters. The van der Waals surface area contributed by atoms with Crippen molar-refractivity contribution in [3.8, 4) is 0 Å². The number of nitrogens with two attached hydrogens (primary N) is 2. The van der Waals surface area contributed by atoms with Crippen molar-refractivity contribution >= 4 is 82.9 Å². The zero-order valence-electron chi connectivity index (χ0n) is 43.7. The number of rotatable bonds is 36. The third-order valence-electron chi connectivity index (χ3n) is 11.1. The van der Waals surface area contributed by atoms with Gasteiger partial charge in [-0.15, -0.1) is 0 Å². The van der Waals surface area contributed by atoms with Crippen LogP contribution < -0.4 is 59.3 Å². The highest BCUT2D eigenvalue weighted by molar-refractivity contribution is 5.99.